The highest BCUT2D eigenvalue weighted by Crippen LogP contribution is 2.29. The first-order chi connectivity index (χ1) is 14.0. The molecule has 1 aliphatic rings. The molecule has 0 unspecified atom stereocenters. The Labute approximate surface area is 171 Å². The van der Waals surface area contributed by atoms with Crippen LogP contribution in [0, 0.1) is 0 Å². The lowest BCUT2D eigenvalue weighted by molar-refractivity contribution is 0.0989. The minimum Gasteiger partial charge on any atom is -0.308 e. The number of rotatable bonds is 5. The highest BCUT2D eigenvalue weighted by atomic mass is 32.2. The number of hydrogen-bond acceptors (Lipinski definition) is 3. The Morgan fingerprint density at radius 3 is 2.28 bits per heavy atom. The maximum atomic E-state index is 13.1. The number of para-hydroxylation sites is 2. The highest BCUT2D eigenvalue weighted by molar-refractivity contribution is 7.92. The number of benzene rings is 3. The van der Waals surface area contributed by atoms with Gasteiger partial charge in [-0.3, -0.25) is 9.10 Å². The minimum absolute atomic E-state index is 0.116. The van der Waals surface area contributed by atoms with Crippen LogP contribution in [0.3, 0.4) is 0 Å². The van der Waals surface area contributed by atoms with Crippen LogP contribution in [0.2, 0.25) is 0 Å². The Hall–Kier alpha value is -3.12. The average Bonchev–Trinajstić information content (AvgIpc) is 3.18. The Kier molecular flexibility index (Phi) is 5.11. The van der Waals surface area contributed by atoms with Crippen molar-refractivity contribution < 1.29 is 13.2 Å². The lowest BCUT2D eigenvalue weighted by Crippen LogP contribution is -2.31. The van der Waals surface area contributed by atoms with E-state index in [-0.39, 0.29) is 10.8 Å². The molecule has 0 aromatic heterocycles. The standard InChI is InChI=1S/C23H22N2O3S/c1-2-25(20-9-4-3-5-10-20)29(27,28)21-14-12-19(13-15-21)23(26)24-17-16-18-8-6-7-11-22(18)24/h3-15H,2,16-17H2,1H3. The minimum atomic E-state index is -3.71. The van der Waals surface area contributed by atoms with E-state index in [1.54, 1.807) is 36.1 Å². The molecular formula is C23H22N2O3S. The van der Waals surface area contributed by atoms with Crippen LogP contribution in [0.15, 0.2) is 83.8 Å². The molecular weight excluding hydrogens is 384 g/mol. The number of amides is 1. The molecule has 3 aromatic carbocycles. The van der Waals surface area contributed by atoms with Crippen LogP contribution in [0.4, 0.5) is 11.4 Å². The van der Waals surface area contributed by atoms with Gasteiger partial charge in [-0.05, 0) is 61.4 Å². The van der Waals surface area contributed by atoms with Crippen LogP contribution in [-0.2, 0) is 16.4 Å². The van der Waals surface area contributed by atoms with Crippen molar-refractivity contribution in [3.8, 4) is 0 Å². The third kappa shape index (κ3) is 3.51. The van der Waals surface area contributed by atoms with Gasteiger partial charge in [0.2, 0.25) is 0 Å². The van der Waals surface area contributed by atoms with Crippen molar-refractivity contribution in [3.05, 3.63) is 90.0 Å². The molecule has 0 saturated heterocycles. The Bertz CT molecular complexity index is 1130. The van der Waals surface area contributed by atoms with Gasteiger partial charge in [-0.1, -0.05) is 36.4 Å². The zero-order valence-electron chi connectivity index (χ0n) is 16.2. The van der Waals surface area contributed by atoms with Gasteiger partial charge < -0.3 is 4.90 Å². The van der Waals surface area contributed by atoms with Crippen molar-refractivity contribution in [2.75, 3.05) is 22.3 Å². The van der Waals surface area contributed by atoms with Gasteiger partial charge in [0.25, 0.3) is 15.9 Å². The van der Waals surface area contributed by atoms with Gasteiger partial charge in [0.1, 0.15) is 0 Å². The topological polar surface area (TPSA) is 57.7 Å². The van der Waals surface area contributed by atoms with Crippen LogP contribution in [0.5, 0.6) is 0 Å². The fourth-order valence-electron chi connectivity index (χ4n) is 3.69. The van der Waals surface area contributed by atoms with E-state index in [1.165, 1.54) is 16.4 Å². The molecule has 0 aliphatic carbocycles. The van der Waals surface area contributed by atoms with E-state index >= 15 is 0 Å². The van der Waals surface area contributed by atoms with Crippen LogP contribution < -0.4 is 9.21 Å². The largest absolute Gasteiger partial charge is 0.308 e. The quantitative estimate of drug-likeness (QED) is 0.641. The van der Waals surface area contributed by atoms with E-state index in [0.29, 0.717) is 24.3 Å². The molecule has 0 atom stereocenters. The van der Waals surface area contributed by atoms with Crippen molar-refractivity contribution in [1.29, 1.82) is 0 Å². The van der Waals surface area contributed by atoms with E-state index in [2.05, 4.69) is 0 Å². The predicted molar refractivity (Wildman–Crippen MR) is 115 cm³/mol. The Morgan fingerprint density at radius 2 is 1.59 bits per heavy atom. The summed E-state index contributed by atoms with van der Waals surface area (Å²) in [5.41, 5.74) is 3.17. The summed E-state index contributed by atoms with van der Waals surface area (Å²) in [6.07, 6.45) is 0.830. The summed E-state index contributed by atoms with van der Waals surface area (Å²) in [4.78, 5) is 14.9. The fourth-order valence-corrected chi connectivity index (χ4v) is 5.16. The summed E-state index contributed by atoms with van der Waals surface area (Å²) in [6.45, 7) is 2.75. The molecule has 5 nitrogen and oxygen atoms in total. The van der Waals surface area contributed by atoms with Crippen molar-refractivity contribution in [2.45, 2.75) is 18.2 Å². The van der Waals surface area contributed by atoms with E-state index in [9.17, 15) is 13.2 Å². The summed E-state index contributed by atoms with van der Waals surface area (Å²) < 4.78 is 27.6. The number of carbonyl (C=O) groups excluding carboxylic acids is 1. The first kappa shape index (κ1) is 19.2. The normalized spacial score (nSPS) is 13.2. The molecule has 0 N–H and O–H groups in total. The number of nitrogens with zero attached hydrogens (tertiary/aromatic N) is 2. The highest BCUT2D eigenvalue weighted by Gasteiger charge is 2.27. The molecule has 0 saturated carbocycles. The monoisotopic (exact) mass is 406 g/mol. The predicted octanol–water partition coefficient (Wildman–Crippen LogP) is 4.10. The second-order valence-corrected chi connectivity index (χ2v) is 8.73. The first-order valence-electron chi connectivity index (χ1n) is 9.60. The number of anilines is 2. The molecule has 0 spiro atoms. The van der Waals surface area contributed by atoms with E-state index in [0.717, 1.165) is 17.7 Å². The van der Waals surface area contributed by atoms with Crippen molar-refractivity contribution in [2.24, 2.45) is 0 Å². The van der Waals surface area contributed by atoms with Gasteiger partial charge >= 0.3 is 0 Å². The Balaban J connectivity index is 1.60. The number of sulfonamides is 1. The summed E-state index contributed by atoms with van der Waals surface area (Å²) in [5.74, 6) is -0.116. The maximum Gasteiger partial charge on any atom is 0.264 e. The van der Waals surface area contributed by atoms with Crippen LogP contribution >= 0.6 is 0 Å². The summed E-state index contributed by atoms with van der Waals surface area (Å²) in [6, 6.07) is 23.1. The molecule has 4 rings (SSSR count). The van der Waals surface area contributed by atoms with Gasteiger partial charge in [-0.25, -0.2) is 8.42 Å². The lowest BCUT2D eigenvalue weighted by atomic mass is 10.1. The third-order valence-electron chi connectivity index (χ3n) is 5.15. The van der Waals surface area contributed by atoms with Gasteiger partial charge in [0.05, 0.1) is 10.6 Å². The van der Waals surface area contributed by atoms with Gasteiger partial charge in [-0.15, -0.1) is 0 Å². The molecule has 3 aromatic rings. The zero-order chi connectivity index (χ0) is 20.4. The molecule has 148 valence electrons. The van der Waals surface area contributed by atoms with E-state index in [1.807, 2.05) is 42.5 Å². The van der Waals surface area contributed by atoms with Crippen LogP contribution in [0.1, 0.15) is 22.8 Å². The second-order valence-electron chi connectivity index (χ2n) is 6.87. The summed E-state index contributed by atoms with van der Waals surface area (Å²) >= 11 is 0. The number of fused-ring (bicyclic) bond motifs is 1. The molecule has 1 aliphatic heterocycles. The second kappa shape index (κ2) is 7.72. The number of hydrogen-bond donors (Lipinski definition) is 0. The van der Waals surface area contributed by atoms with Gasteiger partial charge in [0, 0.05) is 24.3 Å². The average molecular weight is 407 g/mol. The summed E-state index contributed by atoms with van der Waals surface area (Å²) in [5, 5.41) is 0. The Morgan fingerprint density at radius 1 is 0.931 bits per heavy atom. The maximum absolute atomic E-state index is 13.1. The molecule has 1 amide bonds. The van der Waals surface area contributed by atoms with Crippen molar-refractivity contribution in [3.63, 3.8) is 0 Å². The molecule has 0 radical (unpaired) electrons. The van der Waals surface area contributed by atoms with Gasteiger partial charge in [-0.2, -0.15) is 0 Å². The first-order valence-corrected chi connectivity index (χ1v) is 11.0. The van der Waals surface area contributed by atoms with Crippen molar-refractivity contribution in [1.82, 2.24) is 0 Å². The molecule has 6 heteroatoms. The van der Waals surface area contributed by atoms with Crippen LogP contribution in [-0.4, -0.2) is 27.4 Å². The number of carbonyl (C=O) groups is 1. The fraction of sp³-hybridized carbons (Fsp3) is 0.174. The zero-order valence-corrected chi connectivity index (χ0v) is 17.0. The van der Waals surface area contributed by atoms with Crippen molar-refractivity contribution >= 4 is 27.3 Å². The smallest absolute Gasteiger partial charge is 0.264 e. The molecule has 1 heterocycles. The SMILES string of the molecule is CCN(c1ccccc1)S(=O)(=O)c1ccc(C(=O)N2CCc3ccccc32)cc1. The molecule has 29 heavy (non-hydrogen) atoms. The lowest BCUT2D eigenvalue weighted by Gasteiger charge is -2.23. The molecule has 0 fully saturated rings. The summed E-state index contributed by atoms with van der Waals surface area (Å²) in [7, 11) is -3.71. The van der Waals surface area contributed by atoms with Crippen LogP contribution in [0.25, 0.3) is 0 Å². The van der Waals surface area contributed by atoms with Gasteiger partial charge in [0.15, 0.2) is 0 Å². The van der Waals surface area contributed by atoms with E-state index < -0.39 is 10.0 Å². The molecule has 0 bridgehead atoms. The van der Waals surface area contributed by atoms with E-state index in [4.69, 9.17) is 0 Å². The third-order valence-corrected chi connectivity index (χ3v) is 7.07.